The van der Waals surface area contributed by atoms with Gasteiger partial charge in [0.25, 0.3) is 15.6 Å². The molecule has 2 aromatic heterocycles. The summed E-state index contributed by atoms with van der Waals surface area (Å²) in [7, 11) is -1.67. The van der Waals surface area contributed by atoms with Gasteiger partial charge in [-0.05, 0) is 13.0 Å². The SMILES string of the molecule is Cc1cc(C#N)c(NS(=O)(=O)c2cn(C)c(=O)n(C)c2=O)s1. The molecule has 0 atom stereocenters. The van der Waals surface area contributed by atoms with E-state index in [-0.39, 0.29) is 10.6 Å². The summed E-state index contributed by atoms with van der Waals surface area (Å²) in [6.45, 7) is 1.73. The molecule has 0 radical (unpaired) electrons. The summed E-state index contributed by atoms with van der Waals surface area (Å²) in [5.74, 6) is 0. The minimum atomic E-state index is -4.21. The average molecular weight is 340 g/mol. The van der Waals surface area contributed by atoms with Crippen LogP contribution in [0, 0.1) is 18.3 Å². The summed E-state index contributed by atoms with van der Waals surface area (Å²) in [5.41, 5.74) is -1.39. The van der Waals surface area contributed by atoms with E-state index >= 15 is 0 Å². The maximum atomic E-state index is 12.4. The van der Waals surface area contributed by atoms with E-state index in [1.807, 2.05) is 6.07 Å². The van der Waals surface area contributed by atoms with Crippen LogP contribution in [0.4, 0.5) is 5.00 Å². The number of rotatable bonds is 3. The first-order chi connectivity index (χ1) is 10.2. The number of hydrogen-bond acceptors (Lipinski definition) is 6. The van der Waals surface area contributed by atoms with E-state index in [1.54, 1.807) is 13.0 Å². The molecule has 8 nitrogen and oxygen atoms in total. The van der Waals surface area contributed by atoms with Crippen LogP contribution in [-0.4, -0.2) is 17.6 Å². The van der Waals surface area contributed by atoms with Crippen LogP contribution < -0.4 is 16.0 Å². The number of thiophene rings is 1. The lowest BCUT2D eigenvalue weighted by Gasteiger charge is -2.09. The molecule has 0 amide bonds. The van der Waals surface area contributed by atoms with Gasteiger partial charge in [-0.3, -0.25) is 14.1 Å². The third-order valence-corrected chi connectivity index (χ3v) is 5.33. The smallest absolute Gasteiger partial charge is 0.302 e. The zero-order valence-electron chi connectivity index (χ0n) is 11.9. The number of nitrogens with zero attached hydrogens (tertiary/aromatic N) is 3. The van der Waals surface area contributed by atoms with Gasteiger partial charge in [0.05, 0.1) is 5.56 Å². The van der Waals surface area contributed by atoms with E-state index in [0.29, 0.717) is 4.57 Å². The normalized spacial score (nSPS) is 11.2. The second kappa shape index (κ2) is 5.43. The number of anilines is 1. The van der Waals surface area contributed by atoms with E-state index in [2.05, 4.69) is 4.72 Å². The molecule has 1 N–H and O–H groups in total. The molecule has 0 aromatic carbocycles. The van der Waals surface area contributed by atoms with Crippen LogP contribution in [-0.2, 0) is 24.1 Å². The first kappa shape index (κ1) is 16.0. The minimum Gasteiger partial charge on any atom is -0.302 e. The number of nitriles is 1. The van der Waals surface area contributed by atoms with Gasteiger partial charge in [0.15, 0.2) is 4.90 Å². The third kappa shape index (κ3) is 2.68. The van der Waals surface area contributed by atoms with Gasteiger partial charge < -0.3 is 4.57 Å². The van der Waals surface area contributed by atoms with Crippen LogP contribution >= 0.6 is 11.3 Å². The van der Waals surface area contributed by atoms with Gasteiger partial charge in [-0.2, -0.15) is 5.26 Å². The maximum absolute atomic E-state index is 12.4. The van der Waals surface area contributed by atoms with Crippen LogP contribution in [0.5, 0.6) is 0 Å². The lowest BCUT2D eigenvalue weighted by Crippen LogP contribution is -2.40. The van der Waals surface area contributed by atoms with Crippen molar-refractivity contribution in [3.63, 3.8) is 0 Å². The highest BCUT2D eigenvalue weighted by molar-refractivity contribution is 7.93. The Bertz CT molecular complexity index is 1010. The van der Waals surface area contributed by atoms with Gasteiger partial charge in [-0.25, -0.2) is 13.2 Å². The fourth-order valence-electron chi connectivity index (χ4n) is 1.81. The molecule has 2 aromatic rings. The van der Waals surface area contributed by atoms with Gasteiger partial charge in [0, 0.05) is 25.2 Å². The topological polar surface area (TPSA) is 114 Å². The van der Waals surface area contributed by atoms with Gasteiger partial charge in [0.1, 0.15) is 11.1 Å². The molecule has 2 rings (SSSR count). The largest absolute Gasteiger partial charge is 0.330 e. The number of sulfonamides is 1. The van der Waals surface area contributed by atoms with Crippen LogP contribution in [0.2, 0.25) is 0 Å². The molecule has 0 saturated heterocycles. The Morgan fingerprint density at radius 2 is 1.95 bits per heavy atom. The van der Waals surface area contributed by atoms with Crippen LogP contribution in [0.3, 0.4) is 0 Å². The van der Waals surface area contributed by atoms with Gasteiger partial charge in [-0.15, -0.1) is 11.3 Å². The first-order valence-electron chi connectivity index (χ1n) is 5.97. The average Bonchev–Trinajstić information content (AvgIpc) is 2.79. The second-order valence-electron chi connectivity index (χ2n) is 4.57. The fraction of sp³-hybridized carbons (Fsp3) is 0.250. The number of nitrogens with one attached hydrogen (secondary N) is 1. The number of hydrogen-bond donors (Lipinski definition) is 1. The molecular formula is C12H12N4O4S2. The van der Waals surface area contributed by atoms with Crippen molar-refractivity contribution in [3.8, 4) is 6.07 Å². The quantitative estimate of drug-likeness (QED) is 0.853. The monoisotopic (exact) mass is 340 g/mol. The lowest BCUT2D eigenvalue weighted by atomic mass is 10.3. The molecule has 10 heteroatoms. The van der Waals surface area contributed by atoms with Gasteiger partial charge in [-0.1, -0.05) is 0 Å². The molecule has 0 unspecified atom stereocenters. The van der Waals surface area contributed by atoms with Gasteiger partial charge >= 0.3 is 5.69 Å². The van der Waals surface area contributed by atoms with Crippen molar-refractivity contribution in [1.29, 1.82) is 5.26 Å². The minimum absolute atomic E-state index is 0.135. The van der Waals surface area contributed by atoms with Crippen molar-refractivity contribution < 1.29 is 8.42 Å². The molecule has 116 valence electrons. The Kier molecular flexibility index (Phi) is 3.95. The molecule has 0 bridgehead atoms. The van der Waals surface area contributed by atoms with Crippen molar-refractivity contribution in [2.24, 2.45) is 14.1 Å². The third-order valence-electron chi connectivity index (χ3n) is 2.91. The van der Waals surface area contributed by atoms with E-state index in [1.165, 1.54) is 14.1 Å². The summed E-state index contributed by atoms with van der Waals surface area (Å²) in [6, 6.07) is 3.42. The molecule has 0 aliphatic heterocycles. The molecule has 22 heavy (non-hydrogen) atoms. The standard InChI is InChI=1S/C12H12N4O4S2/c1-7-4-8(5-13)10(21-7)14-22(19,20)9-6-15(2)12(18)16(3)11(9)17/h4,6,14H,1-3H3. The molecule has 2 heterocycles. The Morgan fingerprint density at radius 1 is 1.32 bits per heavy atom. The molecular weight excluding hydrogens is 328 g/mol. The Balaban J connectivity index is 2.60. The summed E-state index contributed by atoms with van der Waals surface area (Å²) in [5, 5.41) is 9.12. The molecule has 0 aliphatic rings. The fourth-order valence-corrected chi connectivity index (χ4v) is 4.15. The summed E-state index contributed by atoms with van der Waals surface area (Å²) < 4.78 is 28.7. The predicted molar refractivity (Wildman–Crippen MR) is 81.5 cm³/mol. The Hall–Kier alpha value is -2.38. The highest BCUT2D eigenvalue weighted by Gasteiger charge is 2.23. The molecule has 0 spiro atoms. The molecule has 0 aliphatic carbocycles. The van der Waals surface area contributed by atoms with Crippen molar-refractivity contribution in [3.05, 3.63) is 43.5 Å². The molecule has 0 saturated carbocycles. The van der Waals surface area contributed by atoms with Gasteiger partial charge in [0.2, 0.25) is 0 Å². The van der Waals surface area contributed by atoms with Crippen molar-refractivity contribution in [1.82, 2.24) is 9.13 Å². The predicted octanol–water partition coefficient (Wildman–Crippen LogP) is 0.126. The van der Waals surface area contributed by atoms with E-state index in [4.69, 9.17) is 5.26 Å². The maximum Gasteiger partial charge on any atom is 0.330 e. The zero-order valence-corrected chi connectivity index (χ0v) is 13.6. The van der Waals surface area contributed by atoms with Crippen LogP contribution in [0.15, 0.2) is 26.7 Å². The van der Waals surface area contributed by atoms with Crippen molar-refractivity contribution in [2.45, 2.75) is 11.8 Å². The first-order valence-corrected chi connectivity index (χ1v) is 8.27. The van der Waals surface area contributed by atoms with Crippen molar-refractivity contribution in [2.75, 3.05) is 4.72 Å². The highest BCUT2D eigenvalue weighted by atomic mass is 32.2. The van der Waals surface area contributed by atoms with Crippen LogP contribution in [0.1, 0.15) is 10.4 Å². The zero-order chi connectivity index (χ0) is 16.7. The summed E-state index contributed by atoms with van der Waals surface area (Å²) >= 11 is 1.09. The number of aromatic nitrogens is 2. The summed E-state index contributed by atoms with van der Waals surface area (Å²) in [4.78, 5) is 23.8. The lowest BCUT2D eigenvalue weighted by molar-refractivity contribution is 0.589. The molecule has 0 fully saturated rings. The summed E-state index contributed by atoms with van der Waals surface area (Å²) in [6.07, 6.45) is 0.958. The second-order valence-corrected chi connectivity index (χ2v) is 7.48. The number of aryl methyl sites for hydroxylation is 2. The van der Waals surface area contributed by atoms with E-state index in [9.17, 15) is 18.0 Å². The van der Waals surface area contributed by atoms with E-state index in [0.717, 1.165) is 27.0 Å². The van der Waals surface area contributed by atoms with E-state index < -0.39 is 26.2 Å². The van der Waals surface area contributed by atoms with Crippen LogP contribution in [0.25, 0.3) is 0 Å². The highest BCUT2D eigenvalue weighted by Crippen LogP contribution is 2.28. The van der Waals surface area contributed by atoms with Crippen molar-refractivity contribution >= 4 is 26.4 Å². The Labute approximate surface area is 129 Å². The Morgan fingerprint density at radius 3 is 2.55 bits per heavy atom.